The number of allylic oxidation sites excluding steroid dienone is 1. The number of nitrogens with zero attached hydrogens (tertiary/aromatic N) is 3. The molecular formula is C27H31FN4O. The summed E-state index contributed by atoms with van der Waals surface area (Å²) in [7, 11) is 0. The van der Waals surface area contributed by atoms with Crippen molar-refractivity contribution in [1.82, 2.24) is 20.1 Å². The quantitative estimate of drug-likeness (QED) is 0.326. The van der Waals surface area contributed by atoms with E-state index in [9.17, 15) is 9.18 Å². The Labute approximate surface area is 195 Å². The number of aromatic nitrogens is 3. The van der Waals surface area contributed by atoms with E-state index in [2.05, 4.69) is 42.4 Å². The van der Waals surface area contributed by atoms with Crippen LogP contribution in [0.1, 0.15) is 56.5 Å². The van der Waals surface area contributed by atoms with Crippen LogP contribution in [0.15, 0.2) is 80.3 Å². The van der Waals surface area contributed by atoms with E-state index in [4.69, 9.17) is 0 Å². The van der Waals surface area contributed by atoms with Crippen LogP contribution in [0.4, 0.5) is 4.39 Å². The molecule has 172 valence electrons. The van der Waals surface area contributed by atoms with E-state index in [-0.39, 0.29) is 17.8 Å². The number of hydrogen-bond donors (Lipinski definition) is 1. The predicted molar refractivity (Wildman–Crippen MR) is 133 cm³/mol. The van der Waals surface area contributed by atoms with Crippen molar-refractivity contribution in [2.75, 3.05) is 0 Å². The predicted octanol–water partition coefficient (Wildman–Crippen LogP) is 6.30. The zero-order chi connectivity index (χ0) is 24.2. The van der Waals surface area contributed by atoms with Gasteiger partial charge in [0.05, 0.1) is 23.6 Å². The van der Waals surface area contributed by atoms with Crippen LogP contribution in [-0.4, -0.2) is 20.7 Å². The zero-order valence-electron chi connectivity index (χ0n) is 19.5. The highest BCUT2D eigenvalue weighted by atomic mass is 19.1. The fourth-order valence-corrected chi connectivity index (χ4v) is 3.24. The Balaban J connectivity index is 0.00000122. The summed E-state index contributed by atoms with van der Waals surface area (Å²) in [6, 6.07) is 9.48. The summed E-state index contributed by atoms with van der Waals surface area (Å²) in [4.78, 5) is 17.2. The second kappa shape index (κ2) is 12.9. The molecule has 1 unspecified atom stereocenters. The summed E-state index contributed by atoms with van der Waals surface area (Å²) in [6.45, 7) is 13.7. The summed E-state index contributed by atoms with van der Waals surface area (Å²) in [5.74, 6) is -0.563. The molecule has 2 aromatic heterocycles. The van der Waals surface area contributed by atoms with Gasteiger partial charge in [-0.1, -0.05) is 39.0 Å². The molecule has 5 nitrogen and oxygen atoms in total. The smallest absolute Gasteiger partial charge is 0.252 e. The summed E-state index contributed by atoms with van der Waals surface area (Å²) >= 11 is 0. The topological polar surface area (TPSA) is 59.8 Å². The lowest BCUT2D eigenvalue weighted by atomic mass is 10.0. The van der Waals surface area contributed by atoms with Gasteiger partial charge in [-0.3, -0.25) is 9.78 Å². The molecule has 0 radical (unpaired) electrons. The molecule has 0 bridgehead atoms. The van der Waals surface area contributed by atoms with E-state index in [1.54, 1.807) is 60.6 Å². The van der Waals surface area contributed by atoms with Crippen molar-refractivity contribution in [1.29, 1.82) is 0 Å². The van der Waals surface area contributed by atoms with Gasteiger partial charge >= 0.3 is 0 Å². The second-order valence-electron chi connectivity index (χ2n) is 7.28. The van der Waals surface area contributed by atoms with Crippen LogP contribution in [0.2, 0.25) is 0 Å². The van der Waals surface area contributed by atoms with Gasteiger partial charge in [0, 0.05) is 23.5 Å². The Morgan fingerprint density at radius 3 is 2.33 bits per heavy atom. The molecule has 0 saturated heterocycles. The lowest BCUT2D eigenvalue weighted by molar-refractivity contribution is -0.116. The SMILES string of the molecule is C=CCC(NC(=O)/C(=C/C)c1cnn(-c2ccc(F)cc2)c1C=C)c1ccncc1.CCC. The molecule has 0 fully saturated rings. The maximum absolute atomic E-state index is 13.3. The first-order valence-corrected chi connectivity index (χ1v) is 10.9. The highest BCUT2D eigenvalue weighted by molar-refractivity contribution is 6.20. The molecule has 6 heteroatoms. The summed E-state index contributed by atoms with van der Waals surface area (Å²) in [5, 5.41) is 7.45. The molecule has 0 aliphatic carbocycles. The molecule has 1 atom stereocenters. The zero-order valence-corrected chi connectivity index (χ0v) is 19.5. The Bertz CT molecular complexity index is 1090. The van der Waals surface area contributed by atoms with Gasteiger partial charge in [-0.05, 0) is 61.4 Å². The molecule has 3 rings (SSSR count). The highest BCUT2D eigenvalue weighted by Gasteiger charge is 2.21. The number of pyridine rings is 1. The molecular weight excluding hydrogens is 415 g/mol. The van der Waals surface area contributed by atoms with Crippen LogP contribution in [0.25, 0.3) is 17.3 Å². The minimum Gasteiger partial charge on any atom is -0.345 e. The lowest BCUT2D eigenvalue weighted by Crippen LogP contribution is -2.29. The average Bonchev–Trinajstić information content (AvgIpc) is 3.24. The number of nitrogens with one attached hydrogen (secondary N) is 1. The van der Waals surface area contributed by atoms with E-state index in [1.165, 1.54) is 18.6 Å². The number of halogens is 1. The van der Waals surface area contributed by atoms with Gasteiger partial charge in [0.25, 0.3) is 5.91 Å². The molecule has 1 aromatic carbocycles. The Hall–Kier alpha value is -3.80. The lowest BCUT2D eigenvalue weighted by Gasteiger charge is -2.19. The second-order valence-corrected chi connectivity index (χ2v) is 7.28. The van der Waals surface area contributed by atoms with Crippen molar-refractivity contribution >= 4 is 17.6 Å². The summed E-state index contributed by atoms with van der Waals surface area (Å²) in [5.41, 5.74) is 3.38. The van der Waals surface area contributed by atoms with Crippen LogP contribution in [-0.2, 0) is 4.79 Å². The van der Waals surface area contributed by atoms with Crippen molar-refractivity contribution in [3.05, 3.63) is 103 Å². The van der Waals surface area contributed by atoms with Crippen molar-refractivity contribution in [2.45, 2.75) is 39.7 Å². The minimum atomic E-state index is -0.329. The minimum absolute atomic E-state index is 0.229. The largest absolute Gasteiger partial charge is 0.345 e. The van der Waals surface area contributed by atoms with Gasteiger partial charge in [0.1, 0.15) is 5.82 Å². The third-order valence-corrected chi connectivity index (χ3v) is 4.71. The Morgan fingerprint density at radius 2 is 1.79 bits per heavy atom. The van der Waals surface area contributed by atoms with Gasteiger partial charge in [-0.25, -0.2) is 9.07 Å². The first kappa shape index (κ1) is 25.5. The number of rotatable bonds is 8. The molecule has 2 heterocycles. The highest BCUT2D eigenvalue weighted by Crippen LogP contribution is 2.25. The molecule has 0 spiro atoms. The third kappa shape index (κ3) is 6.59. The van der Waals surface area contributed by atoms with Gasteiger partial charge in [-0.2, -0.15) is 5.10 Å². The van der Waals surface area contributed by atoms with Crippen molar-refractivity contribution in [3.8, 4) is 5.69 Å². The van der Waals surface area contributed by atoms with Crippen LogP contribution in [0.3, 0.4) is 0 Å². The number of carbonyl (C=O) groups excluding carboxylic acids is 1. The van der Waals surface area contributed by atoms with Crippen molar-refractivity contribution in [2.24, 2.45) is 0 Å². The number of hydrogen-bond acceptors (Lipinski definition) is 3. The van der Waals surface area contributed by atoms with E-state index in [0.717, 1.165) is 5.56 Å². The maximum Gasteiger partial charge on any atom is 0.252 e. The fourth-order valence-electron chi connectivity index (χ4n) is 3.24. The fraction of sp³-hybridized carbons (Fsp3) is 0.222. The molecule has 3 aromatic rings. The number of carbonyl (C=O) groups is 1. The monoisotopic (exact) mass is 446 g/mol. The van der Waals surface area contributed by atoms with E-state index in [1.807, 2.05) is 12.1 Å². The number of benzene rings is 1. The van der Waals surface area contributed by atoms with Crippen molar-refractivity contribution in [3.63, 3.8) is 0 Å². The van der Waals surface area contributed by atoms with E-state index < -0.39 is 0 Å². The number of amides is 1. The van der Waals surface area contributed by atoms with Crippen LogP contribution in [0.5, 0.6) is 0 Å². The standard InChI is InChI=1S/C24H23FN4O.C3H8/c1-4-7-22(17-12-14-26-15-13-17)28-24(30)20(5-2)21-16-27-29(23(21)6-3)19-10-8-18(25)9-11-19;1-3-2/h4-6,8-16,22H,1,3,7H2,2H3,(H,28,30);3H2,1-2H3/b20-5+;. The van der Waals surface area contributed by atoms with Gasteiger partial charge in [-0.15, -0.1) is 6.58 Å². The Kier molecular flexibility index (Phi) is 9.96. The van der Waals surface area contributed by atoms with Gasteiger partial charge in [0.15, 0.2) is 0 Å². The molecule has 0 saturated carbocycles. The molecule has 0 aliphatic rings. The van der Waals surface area contributed by atoms with Gasteiger partial charge < -0.3 is 5.32 Å². The average molecular weight is 447 g/mol. The van der Waals surface area contributed by atoms with E-state index >= 15 is 0 Å². The molecule has 0 aliphatic heterocycles. The molecule has 1 amide bonds. The molecule has 1 N–H and O–H groups in total. The van der Waals surface area contributed by atoms with Crippen LogP contribution >= 0.6 is 0 Å². The molecule has 33 heavy (non-hydrogen) atoms. The van der Waals surface area contributed by atoms with Crippen LogP contribution < -0.4 is 5.32 Å². The third-order valence-electron chi connectivity index (χ3n) is 4.71. The maximum atomic E-state index is 13.3. The van der Waals surface area contributed by atoms with E-state index in [0.29, 0.717) is 28.9 Å². The van der Waals surface area contributed by atoms with Crippen molar-refractivity contribution < 1.29 is 9.18 Å². The normalized spacial score (nSPS) is 11.7. The first-order valence-electron chi connectivity index (χ1n) is 10.9. The summed E-state index contributed by atoms with van der Waals surface area (Å²) in [6.07, 6.45) is 12.0. The van der Waals surface area contributed by atoms with Gasteiger partial charge in [0.2, 0.25) is 0 Å². The Morgan fingerprint density at radius 1 is 1.15 bits per heavy atom. The summed E-state index contributed by atoms with van der Waals surface area (Å²) < 4.78 is 14.9. The first-order chi connectivity index (χ1) is 16.0. The van der Waals surface area contributed by atoms with Crippen LogP contribution in [0, 0.1) is 5.82 Å².